The highest BCUT2D eigenvalue weighted by Gasteiger charge is 2.43. The van der Waals surface area contributed by atoms with Gasteiger partial charge in [0.1, 0.15) is 6.61 Å². The molecule has 1 aliphatic rings. The standard InChI is InChI=1S/C20H22N2O2/c1-3-20(21-2,15-12-22-16-9-5-4-8-14(15)16)19-13-23-17-10-6-7-11-18(17)24-19/h4-12,19,21-22H,3,13H2,1-2H3. The Kier molecular flexibility index (Phi) is 3.69. The summed E-state index contributed by atoms with van der Waals surface area (Å²) in [5, 5.41) is 4.75. The van der Waals surface area contributed by atoms with Gasteiger partial charge in [0, 0.05) is 22.7 Å². The van der Waals surface area contributed by atoms with E-state index in [0.717, 1.165) is 23.4 Å². The predicted octanol–water partition coefficient (Wildman–Crippen LogP) is 3.83. The van der Waals surface area contributed by atoms with Crippen LogP contribution in [0.3, 0.4) is 0 Å². The monoisotopic (exact) mass is 322 g/mol. The molecule has 0 radical (unpaired) electrons. The van der Waals surface area contributed by atoms with Gasteiger partial charge in [-0.2, -0.15) is 0 Å². The average Bonchev–Trinajstić information content (AvgIpc) is 3.08. The van der Waals surface area contributed by atoms with Crippen molar-refractivity contribution >= 4 is 10.9 Å². The Morgan fingerprint density at radius 1 is 1.12 bits per heavy atom. The molecule has 4 heteroatoms. The van der Waals surface area contributed by atoms with Gasteiger partial charge in [0.2, 0.25) is 0 Å². The number of hydrogen-bond donors (Lipinski definition) is 2. The fourth-order valence-corrected chi connectivity index (χ4v) is 3.77. The zero-order valence-corrected chi connectivity index (χ0v) is 14.0. The van der Waals surface area contributed by atoms with Crippen LogP contribution in [0.25, 0.3) is 10.9 Å². The highest BCUT2D eigenvalue weighted by atomic mass is 16.6. The van der Waals surface area contributed by atoms with E-state index in [0.29, 0.717) is 6.61 Å². The third-order valence-electron chi connectivity index (χ3n) is 5.13. The number of nitrogens with one attached hydrogen (secondary N) is 2. The molecular weight excluding hydrogens is 300 g/mol. The SMILES string of the molecule is CCC(NC)(c1c[nH]c2ccccc12)C1COc2ccccc2O1. The van der Waals surface area contributed by atoms with E-state index in [4.69, 9.17) is 9.47 Å². The van der Waals surface area contributed by atoms with E-state index < -0.39 is 0 Å². The number of aromatic amines is 1. The van der Waals surface area contributed by atoms with Gasteiger partial charge in [-0.25, -0.2) is 0 Å². The quantitative estimate of drug-likeness (QED) is 0.767. The van der Waals surface area contributed by atoms with Crippen LogP contribution < -0.4 is 14.8 Å². The van der Waals surface area contributed by atoms with Gasteiger partial charge in [-0.3, -0.25) is 0 Å². The van der Waals surface area contributed by atoms with E-state index in [1.165, 1.54) is 10.9 Å². The number of aromatic nitrogens is 1. The van der Waals surface area contributed by atoms with Gasteiger partial charge < -0.3 is 19.8 Å². The topological polar surface area (TPSA) is 46.3 Å². The minimum atomic E-state index is -0.326. The fraction of sp³-hybridized carbons (Fsp3) is 0.300. The van der Waals surface area contributed by atoms with E-state index in [1.54, 1.807) is 0 Å². The summed E-state index contributed by atoms with van der Waals surface area (Å²) >= 11 is 0. The molecule has 24 heavy (non-hydrogen) atoms. The van der Waals surface area contributed by atoms with Crippen molar-refractivity contribution in [3.8, 4) is 11.5 Å². The van der Waals surface area contributed by atoms with Crippen molar-refractivity contribution in [2.24, 2.45) is 0 Å². The number of benzene rings is 2. The maximum atomic E-state index is 6.35. The van der Waals surface area contributed by atoms with Crippen LogP contribution in [0, 0.1) is 0 Å². The molecule has 0 bridgehead atoms. The van der Waals surface area contributed by atoms with Crippen molar-refractivity contribution in [1.29, 1.82) is 0 Å². The van der Waals surface area contributed by atoms with Crippen LogP contribution in [-0.4, -0.2) is 24.7 Å². The van der Waals surface area contributed by atoms with E-state index in [9.17, 15) is 0 Å². The summed E-state index contributed by atoms with van der Waals surface area (Å²) in [5.41, 5.74) is 2.03. The predicted molar refractivity (Wildman–Crippen MR) is 95.7 cm³/mol. The molecule has 2 N–H and O–H groups in total. The summed E-state index contributed by atoms with van der Waals surface area (Å²) in [6.07, 6.45) is 2.87. The molecule has 124 valence electrons. The minimum Gasteiger partial charge on any atom is -0.486 e. The first-order valence-electron chi connectivity index (χ1n) is 8.42. The van der Waals surface area contributed by atoms with Crippen molar-refractivity contribution < 1.29 is 9.47 Å². The third-order valence-corrected chi connectivity index (χ3v) is 5.13. The summed E-state index contributed by atoms with van der Waals surface area (Å²) in [6, 6.07) is 16.2. The van der Waals surface area contributed by atoms with Crippen molar-refractivity contribution in [1.82, 2.24) is 10.3 Å². The van der Waals surface area contributed by atoms with Crippen LogP contribution in [0.4, 0.5) is 0 Å². The van der Waals surface area contributed by atoms with Crippen LogP contribution in [0.5, 0.6) is 11.5 Å². The molecule has 1 aliphatic heterocycles. The van der Waals surface area contributed by atoms with Crippen molar-refractivity contribution in [2.45, 2.75) is 25.0 Å². The Hall–Kier alpha value is -2.46. The molecular formula is C20H22N2O2. The zero-order valence-electron chi connectivity index (χ0n) is 14.0. The van der Waals surface area contributed by atoms with Gasteiger partial charge in [-0.05, 0) is 31.7 Å². The number of likely N-dealkylation sites (N-methyl/N-ethyl adjacent to an activating group) is 1. The summed E-state index contributed by atoms with van der Waals surface area (Å²) in [5.74, 6) is 1.62. The van der Waals surface area contributed by atoms with Gasteiger partial charge in [-0.15, -0.1) is 0 Å². The summed E-state index contributed by atoms with van der Waals surface area (Å²) in [6.45, 7) is 2.70. The second kappa shape index (κ2) is 5.87. The summed E-state index contributed by atoms with van der Waals surface area (Å²) in [7, 11) is 2.00. The summed E-state index contributed by atoms with van der Waals surface area (Å²) < 4.78 is 12.3. The van der Waals surface area contributed by atoms with Crippen molar-refractivity contribution in [3.05, 3.63) is 60.3 Å². The van der Waals surface area contributed by atoms with E-state index in [-0.39, 0.29) is 11.6 Å². The Morgan fingerprint density at radius 3 is 2.67 bits per heavy atom. The molecule has 0 fully saturated rings. The van der Waals surface area contributed by atoms with Gasteiger partial charge in [-0.1, -0.05) is 37.3 Å². The molecule has 2 heterocycles. The first kappa shape index (κ1) is 15.1. The van der Waals surface area contributed by atoms with Crippen molar-refractivity contribution in [2.75, 3.05) is 13.7 Å². The molecule has 0 aliphatic carbocycles. The van der Waals surface area contributed by atoms with Crippen LogP contribution >= 0.6 is 0 Å². The number of H-pyrrole nitrogens is 1. The Bertz CT molecular complexity index is 851. The summed E-state index contributed by atoms with van der Waals surface area (Å²) in [4.78, 5) is 3.38. The zero-order chi connectivity index (χ0) is 16.6. The first-order valence-corrected chi connectivity index (χ1v) is 8.42. The van der Waals surface area contributed by atoms with Gasteiger partial charge >= 0.3 is 0 Å². The molecule has 2 aromatic carbocycles. The van der Waals surface area contributed by atoms with Crippen molar-refractivity contribution in [3.63, 3.8) is 0 Å². The van der Waals surface area contributed by atoms with Gasteiger partial charge in [0.25, 0.3) is 0 Å². The molecule has 0 spiro atoms. The van der Waals surface area contributed by atoms with Crippen LogP contribution in [0.15, 0.2) is 54.7 Å². The maximum absolute atomic E-state index is 6.35. The van der Waals surface area contributed by atoms with Crippen LogP contribution in [0.2, 0.25) is 0 Å². The van der Waals surface area contributed by atoms with Gasteiger partial charge in [0.15, 0.2) is 17.6 Å². The van der Waals surface area contributed by atoms with E-state index >= 15 is 0 Å². The minimum absolute atomic E-state index is 0.110. The maximum Gasteiger partial charge on any atom is 0.161 e. The second-order valence-electron chi connectivity index (χ2n) is 6.19. The second-order valence-corrected chi connectivity index (χ2v) is 6.19. The number of para-hydroxylation sites is 3. The van der Waals surface area contributed by atoms with Crippen LogP contribution in [0.1, 0.15) is 18.9 Å². The molecule has 0 saturated heterocycles. The molecule has 0 amide bonds. The Balaban J connectivity index is 1.79. The highest BCUT2D eigenvalue weighted by Crippen LogP contribution is 2.40. The molecule has 1 aromatic heterocycles. The average molecular weight is 322 g/mol. The third kappa shape index (κ3) is 2.18. The number of ether oxygens (including phenoxy) is 2. The lowest BCUT2D eigenvalue weighted by Gasteiger charge is -2.42. The smallest absolute Gasteiger partial charge is 0.161 e. The van der Waals surface area contributed by atoms with E-state index in [1.807, 2.05) is 37.4 Å². The molecule has 2 atom stereocenters. The Labute approximate surface area is 141 Å². The fourth-order valence-electron chi connectivity index (χ4n) is 3.77. The Morgan fingerprint density at radius 2 is 1.88 bits per heavy atom. The highest BCUT2D eigenvalue weighted by molar-refractivity contribution is 5.84. The van der Waals surface area contributed by atoms with Crippen LogP contribution in [-0.2, 0) is 5.54 Å². The number of hydrogen-bond acceptors (Lipinski definition) is 3. The number of rotatable bonds is 4. The lowest BCUT2D eigenvalue weighted by atomic mass is 9.81. The largest absolute Gasteiger partial charge is 0.486 e. The first-order chi connectivity index (χ1) is 11.8. The molecule has 4 nitrogen and oxygen atoms in total. The normalized spacial score (nSPS) is 19.2. The molecule has 0 saturated carbocycles. The van der Waals surface area contributed by atoms with E-state index in [2.05, 4.69) is 41.6 Å². The van der Waals surface area contributed by atoms with Gasteiger partial charge in [0.05, 0.1) is 5.54 Å². The molecule has 4 rings (SSSR count). The molecule has 3 aromatic rings. The lowest BCUT2D eigenvalue weighted by Crippen LogP contribution is -2.55. The number of fused-ring (bicyclic) bond motifs is 2. The lowest BCUT2D eigenvalue weighted by molar-refractivity contribution is 0.0151. The molecule has 2 unspecified atom stereocenters.